The molecule has 1 N–H and O–H groups in total. The summed E-state index contributed by atoms with van der Waals surface area (Å²) in [5, 5.41) is 9.99. The Morgan fingerprint density at radius 3 is 2.69 bits per heavy atom. The van der Waals surface area contributed by atoms with E-state index in [0.29, 0.717) is 0 Å². The molecule has 0 spiro atoms. The van der Waals surface area contributed by atoms with Crippen LogP contribution in [-0.4, -0.2) is 29.3 Å². The van der Waals surface area contributed by atoms with E-state index in [9.17, 15) is 5.11 Å². The van der Waals surface area contributed by atoms with E-state index in [1.54, 1.807) is 0 Å². The van der Waals surface area contributed by atoms with Crippen molar-refractivity contribution in [2.45, 2.75) is 44.8 Å². The van der Waals surface area contributed by atoms with E-state index in [4.69, 9.17) is 0 Å². The quantitative estimate of drug-likeness (QED) is 0.829. The molecule has 3 nitrogen and oxygen atoms in total. The van der Waals surface area contributed by atoms with Crippen LogP contribution in [0, 0.1) is 6.92 Å². The molecule has 2 rings (SSSR count). The van der Waals surface area contributed by atoms with Crippen LogP contribution in [0.5, 0.6) is 0 Å². The molecule has 2 unspecified atom stereocenters. The van der Waals surface area contributed by atoms with Gasteiger partial charge in [0.1, 0.15) is 5.82 Å². The first-order chi connectivity index (χ1) is 7.68. The summed E-state index contributed by atoms with van der Waals surface area (Å²) in [7, 11) is 2.02. The van der Waals surface area contributed by atoms with Crippen LogP contribution < -0.4 is 4.90 Å². The van der Waals surface area contributed by atoms with Crippen molar-refractivity contribution in [3.8, 4) is 0 Å². The highest BCUT2D eigenvalue weighted by molar-refractivity contribution is 5.39. The zero-order chi connectivity index (χ0) is 11.5. The third-order valence-corrected chi connectivity index (χ3v) is 3.45. The first-order valence-electron chi connectivity index (χ1n) is 6.02. The molecule has 0 radical (unpaired) electrons. The Kier molecular flexibility index (Phi) is 3.44. The van der Waals surface area contributed by atoms with Gasteiger partial charge in [-0.25, -0.2) is 4.98 Å². The number of aliphatic hydroxyl groups excluding tert-OH is 1. The predicted octanol–water partition coefficient (Wildman–Crippen LogP) is 2.13. The van der Waals surface area contributed by atoms with Gasteiger partial charge >= 0.3 is 0 Å². The Morgan fingerprint density at radius 1 is 1.31 bits per heavy atom. The Balaban J connectivity index is 2.11. The number of hydrogen-bond acceptors (Lipinski definition) is 3. The summed E-state index contributed by atoms with van der Waals surface area (Å²) < 4.78 is 0. The average Bonchev–Trinajstić information content (AvgIpc) is 2.30. The number of nitrogens with zero attached hydrogens (tertiary/aromatic N) is 2. The van der Waals surface area contributed by atoms with E-state index in [0.717, 1.165) is 25.1 Å². The number of aromatic nitrogens is 1. The number of rotatable bonds is 2. The molecular weight excluding hydrogens is 200 g/mol. The van der Waals surface area contributed by atoms with Gasteiger partial charge in [-0.3, -0.25) is 0 Å². The van der Waals surface area contributed by atoms with Crippen LogP contribution in [0.15, 0.2) is 18.3 Å². The minimum absolute atomic E-state index is 0.207. The fourth-order valence-electron chi connectivity index (χ4n) is 2.38. The Morgan fingerprint density at radius 2 is 2.06 bits per heavy atom. The highest BCUT2D eigenvalue weighted by Crippen LogP contribution is 2.25. The van der Waals surface area contributed by atoms with Gasteiger partial charge in [0, 0.05) is 13.2 Å². The van der Waals surface area contributed by atoms with Crippen molar-refractivity contribution in [1.82, 2.24) is 4.98 Å². The highest BCUT2D eigenvalue weighted by Gasteiger charge is 2.27. The molecule has 0 amide bonds. The van der Waals surface area contributed by atoms with Crippen molar-refractivity contribution in [1.29, 1.82) is 0 Å². The fraction of sp³-hybridized carbons (Fsp3) is 0.615. The number of pyridine rings is 1. The Hall–Kier alpha value is -1.09. The van der Waals surface area contributed by atoms with E-state index in [-0.39, 0.29) is 12.1 Å². The van der Waals surface area contributed by atoms with Crippen LogP contribution in [0.2, 0.25) is 0 Å². The SMILES string of the molecule is Cc1ccc(N(C)C2CCCCC2O)nc1. The van der Waals surface area contributed by atoms with Gasteiger partial charge < -0.3 is 10.0 Å². The lowest BCUT2D eigenvalue weighted by molar-refractivity contribution is 0.106. The van der Waals surface area contributed by atoms with Crippen LogP contribution in [-0.2, 0) is 0 Å². The monoisotopic (exact) mass is 220 g/mol. The molecule has 1 aliphatic rings. The number of aryl methyl sites for hydroxylation is 1. The maximum absolute atomic E-state index is 9.99. The van der Waals surface area contributed by atoms with E-state index < -0.39 is 0 Å². The molecule has 1 aromatic rings. The lowest BCUT2D eigenvalue weighted by Crippen LogP contribution is -2.43. The zero-order valence-electron chi connectivity index (χ0n) is 10.1. The van der Waals surface area contributed by atoms with Gasteiger partial charge in [0.2, 0.25) is 0 Å². The topological polar surface area (TPSA) is 36.4 Å². The maximum atomic E-state index is 9.99. The average molecular weight is 220 g/mol. The van der Waals surface area contributed by atoms with E-state index in [1.807, 2.05) is 26.2 Å². The molecule has 88 valence electrons. The van der Waals surface area contributed by atoms with Crippen molar-refractivity contribution in [3.05, 3.63) is 23.9 Å². The first kappa shape index (κ1) is 11.4. The largest absolute Gasteiger partial charge is 0.391 e. The molecule has 2 atom stereocenters. The van der Waals surface area contributed by atoms with Crippen LogP contribution in [0.4, 0.5) is 5.82 Å². The molecule has 1 aromatic heterocycles. The van der Waals surface area contributed by atoms with Crippen LogP contribution >= 0.6 is 0 Å². The van der Waals surface area contributed by atoms with Gasteiger partial charge in [0.15, 0.2) is 0 Å². The minimum atomic E-state index is -0.207. The van der Waals surface area contributed by atoms with Crippen molar-refractivity contribution in [2.24, 2.45) is 0 Å². The third-order valence-electron chi connectivity index (χ3n) is 3.45. The van der Waals surface area contributed by atoms with Crippen molar-refractivity contribution >= 4 is 5.82 Å². The number of anilines is 1. The van der Waals surface area contributed by atoms with E-state index in [2.05, 4.69) is 16.0 Å². The summed E-state index contributed by atoms with van der Waals surface area (Å²) in [6.07, 6.45) is 6.00. The molecule has 0 saturated heterocycles. The van der Waals surface area contributed by atoms with Crippen molar-refractivity contribution in [3.63, 3.8) is 0 Å². The summed E-state index contributed by atoms with van der Waals surface area (Å²) in [6.45, 7) is 2.03. The summed E-state index contributed by atoms with van der Waals surface area (Å²) in [6, 6.07) is 4.31. The number of likely N-dealkylation sites (N-methyl/N-ethyl adjacent to an activating group) is 1. The lowest BCUT2D eigenvalue weighted by atomic mass is 9.91. The minimum Gasteiger partial charge on any atom is -0.391 e. The molecule has 1 fully saturated rings. The molecule has 1 heterocycles. The normalized spacial score (nSPS) is 25.4. The molecule has 1 saturated carbocycles. The Labute approximate surface area is 97.1 Å². The van der Waals surface area contributed by atoms with Crippen LogP contribution in [0.1, 0.15) is 31.2 Å². The van der Waals surface area contributed by atoms with Gasteiger partial charge in [-0.05, 0) is 31.4 Å². The van der Waals surface area contributed by atoms with E-state index >= 15 is 0 Å². The summed E-state index contributed by atoms with van der Waals surface area (Å²) >= 11 is 0. The Bertz CT molecular complexity index is 336. The van der Waals surface area contributed by atoms with Crippen molar-refractivity contribution in [2.75, 3.05) is 11.9 Å². The summed E-state index contributed by atoms with van der Waals surface area (Å²) in [5.41, 5.74) is 1.17. The second kappa shape index (κ2) is 4.83. The fourth-order valence-corrected chi connectivity index (χ4v) is 2.38. The lowest BCUT2D eigenvalue weighted by Gasteiger charge is -2.35. The zero-order valence-corrected chi connectivity index (χ0v) is 10.1. The molecule has 0 bridgehead atoms. The van der Waals surface area contributed by atoms with Crippen molar-refractivity contribution < 1.29 is 5.11 Å². The van der Waals surface area contributed by atoms with E-state index in [1.165, 1.54) is 12.0 Å². The van der Waals surface area contributed by atoms with Crippen LogP contribution in [0.25, 0.3) is 0 Å². The molecule has 1 aliphatic carbocycles. The molecule has 0 aliphatic heterocycles. The van der Waals surface area contributed by atoms with Gasteiger partial charge in [-0.15, -0.1) is 0 Å². The standard InChI is InChI=1S/C13H20N2O/c1-10-7-8-13(14-9-10)15(2)11-5-3-4-6-12(11)16/h7-9,11-12,16H,3-6H2,1-2H3. The third kappa shape index (κ3) is 2.35. The molecule has 16 heavy (non-hydrogen) atoms. The second-order valence-electron chi connectivity index (χ2n) is 4.72. The highest BCUT2D eigenvalue weighted by atomic mass is 16.3. The smallest absolute Gasteiger partial charge is 0.128 e. The number of aliphatic hydroxyl groups is 1. The summed E-state index contributed by atoms with van der Waals surface area (Å²) in [4.78, 5) is 6.52. The molecular formula is C13H20N2O. The van der Waals surface area contributed by atoms with Gasteiger partial charge in [-0.1, -0.05) is 18.9 Å². The van der Waals surface area contributed by atoms with Gasteiger partial charge in [0.25, 0.3) is 0 Å². The molecule has 3 heteroatoms. The predicted molar refractivity (Wildman–Crippen MR) is 65.6 cm³/mol. The van der Waals surface area contributed by atoms with Crippen LogP contribution in [0.3, 0.4) is 0 Å². The van der Waals surface area contributed by atoms with Gasteiger partial charge in [0.05, 0.1) is 12.1 Å². The maximum Gasteiger partial charge on any atom is 0.128 e. The molecule has 0 aromatic carbocycles. The first-order valence-corrected chi connectivity index (χ1v) is 6.02. The second-order valence-corrected chi connectivity index (χ2v) is 4.72. The summed E-state index contributed by atoms with van der Waals surface area (Å²) in [5.74, 6) is 0.955. The van der Waals surface area contributed by atoms with Gasteiger partial charge in [-0.2, -0.15) is 0 Å². The number of hydrogen-bond donors (Lipinski definition) is 1.